The fourth-order valence-electron chi connectivity index (χ4n) is 3.89. The lowest BCUT2D eigenvalue weighted by Gasteiger charge is -2.37. The van der Waals surface area contributed by atoms with Crippen molar-refractivity contribution in [3.8, 4) is 5.75 Å². The van der Waals surface area contributed by atoms with E-state index >= 15 is 0 Å². The predicted octanol–water partition coefficient (Wildman–Crippen LogP) is 6.13. The van der Waals surface area contributed by atoms with E-state index in [0.29, 0.717) is 6.54 Å². The van der Waals surface area contributed by atoms with Crippen molar-refractivity contribution in [1.29, 1.82) is 0 Å². The molecule has 0 aliphatic heterocycles. The Hall–Kier alpha value is -3.18. The summed E-state index contributed by atoms with van der Waals surface area (Å²) in [6.07, 6.45) is 1.98. The van der Waals surface area contributed by atoms with Crippen LogP contribution in [0.5, 0.6) is 5.75 Å². The molecule has 1 aromatic heterocycles. The molecule has 1 heterocycles. The minimum Gasteiger partial charge on any atom is -0.497 e. The van der Waals surface area contributed by atoms with Crippen LogP contribution in [0.1, 0.15) is 63.0 Å². The minimum atomic E-state index is -0.544. The maximum atomic E-state index is 12.9. The number of rotatable bonds is 9. The molecule has 3 rings (SSSR count). The van der Waals surface area contributed by atoms with Crippen molar-refractivity contribution in [2.45, 2.75) is 58.3 Å². The highest BCUT2D eigenvalue weighted by Gasteiger charge is 2.31. The largest absolute Gasteiger partial charge is 0.497 e. The normalized spacial score (nSPS) is 13.4. The van der Waals surface area contributed by atoms with E-state index in [9.17, 15) is 4.79 Å². The molecule has 2 aromatic carbocycles. The quantitative estimate of drug-likeness (QED) is 0.370. The number of hydrogen-bond acceptors (Lipinski definition) is 5. The highest BCUT2D eigenvalue weighted by molar-refractivity contribution is 5.70. The van der Waals surface area contributed by atoms with Crippen LogP contribution in [0.3, 0.4) is 0 Å². The highest BCUT2D eigenvalue weighted by atomic mass is 16.6. The van der Waals surface area contributed by atoms with Crippen molar-refractivity contribution in [3.63, 3.8) is 0 Å². The molecule has 0 N–H and O–H groups in total. The maximum absolute atomic E-state index is 12.9. The summed E-state index contributed by atoms with van der Waals surface area (Å²) >= 11 is 0. The Bertz CT molecular complexity index is 999. The number of aromatic nitrogens is 1. The van der Waals surface area contributed by atoms with Crippen molar-refractivity contribution < 1.29 is 14.3 Å². The molecular weight excluding hydrogens is 412 g/mol. The smallest absolute Gasteiger partial charge is 0.308 e. The first-order chi connectivity index (χ1) is 15.8. The number of carbonyl (C=O) groups is 1. The Labute approximate surface area is 197 Å². The van der Waals surface area contributed by atoms with E-state index in [-0.39, 0.29) is 24.5 Å². The standard InChI is InChI=1S/C28H34N2O3/c1-21(23-14-16-24(32-5)17-15-23)30(20-22-11-7-6-8-12-22)26(25-13-9-10-18-29-25)19-27(31)33-28(2,3)4/h6-18,21,26H,19-20H2,1-5H3/t21-,26+/m1/s1. The molecule has 0 radical (unpaired) electrons. The average molecular weight is 447 g/mol. The van der Waals surface area contributed by atoms with Crippen LogP contribution in [0.2, 0.25) is 0 Å². The van der Waals surface area contributed by atoms with Gasteiger partial charge in [0.25, 0.3) is 0 Å². The second-order valence-corrected chi connectivity index (χ2v) is 9.17. The van der Waals surface area contributed by atoms with Crippen LogP contribution in [0.25, 0.3) is 0 Å². The molecule has 0 bridgehead atoms. The molecular formula is C28H34N2O3. The predicted molar refractivity (Wildman–Crippen MR) is 131 cm³/mol. The molecule has 33 heavy (non-hydrogen) atoms. The highest BCUT2D eigenvalue weighted by Crippen LogP contribution is 2.35. The number of benzene rings is 2. The fraction of sp³-hybridized carbons (Fsp3) is 0.357. The topological polar surface area (TPSA) is 51.7 Å². The van der Waals surface area contributed by atoms with Gasteiger partial charge in [-0.3, -0.25) is 14.7 Å². The molecule has 0 fully saturated rings. The molecule has 3 aromatic rings. The van der Waals surface area contributed by atoms with Crippen LogP contribution >= 0.6 is 0 Å². The molecule has 0 aliphatic rings. The van der Waals surface area contributed by atoms with Gasteiger partial charge in [0.1, 0.15) is 11.4 Å². The van der Waals surface area contributed by atoms with Crippen molar-refractivity contribution >= 4 is 5.97 Å². The number of carbonyl (C=O) groups excluding carboxylic acids is 1. The zero-order chi connectivity index (χ0) is 23.8. The Balaban J connectivity index is 2.00. The first-order valence-corrected chi connectivity index (χ1v) is 11.3. The van der Waals surface area contributed by atoms with Gasteiger partial charge in [0.2, 0.25) is 0 Å². The lowest BCUT2D eigenvalue weighted by molar-refractivity contribution is -0.156. The van der Waals surface area contributed by atoms with Crippen LogP contribution in [0.4, 0.5) is 0 Å². The minimum absolute atomic E-state index is 0.0190. The zero-order valence-electron chi connectivity index (χ0n) is 20.2. The summed E-state index contributed by atoms with van der Waals surface area (Å²) in [5, 5.41) is 0. The van der Waals surface area contributed by atoms with Crippen molar-refractivity contribution in [3.05, 3.63) is 95.8 Å². The van der Waals surface area contributed by atoms with Gasteiger partial charge in [0.15, 0.2) is 0 Å². The number of methoxy groups -OCH3 is 1. The van der Waals surface area contributed by atoms with Crippen LogP contribution in [-0.2, 0) is 16.1 Å². The molecule has 0 saturated carbocycles. The first-order valence-electron chi connectivity index (χ1n) is 11.3. The van der Waals surface area contributed by atoms with Crippen LogP contribution in [-0.4, -0.2) is 28.6 Å². The van der Waals surface area contributed by atoms with Gasteiger partial charge in [-0.1, -0.05) is 48.5 Å². The second kappa shape index (κ2) is 11.1. The first kappa shape index (κ1) is 24.5. The number of nitrogens with zero attached hydrogens (tertiary/aromatic N) is 2. The van der Waals surface area contributed by atoms with Crippen LogP contribution in [0.15, 0.2) is 79.0 Å². The van der Waals surface area contributed by atoms with E-state index in [1.165, 1.54) is 5.56 Å². The molecule has 2 atom stereocenters. The summed E-state index contributed by atoms with van der Waals surface area (Å²) in [6.45, 7) is 8.50. The summed E-state index contributed by atoms with van der Waals surface area (Å²) in [4.78, 5) is 19.9. The number of ether oxygens (including phenoxy) is 2. The lowest BCUT2D eigenvalue weighted by atomic mass is 9.99. The van der Waals surface area contributed by atoms with E-state index in [1.807, 2.05) is 69.3 Å². The molecule has 0 amide bonds. The SMILES string of the molecule is COc1ccc([C@@H](C)N(Cc2ccccc2)[C@@H](CC(=O)OC(C)(C)C)c2ccccn2)cc1. The molecule has 174 valence electrons. The van der Waals surface area contributed by atoms with E-state index in [4.69, 9.17) is 9.47 Å². The van der Waals surface area contributed by atoms with E-state index in [1.54, 1.807) is 13.3 Å². The molecule has 0 unspecified atom stereocenters. The molecule has 5 heteroatoms. The summed E-state index contributed by atoms with van der Waals surface area (Å²) in [7, 11) is 1.66. The second-order valence-electron chi connectivity index (χ2n) is 9.17. The third-order valence-corrected chi connectivity index (χ3v) is 5.51. The maximum Gasteiger partial charge on any atom is 0.308 e. The van der Waals surface area contributed by atoms with Gasteiger partial charge < -0.3 is 9.47 Å². The van der Waals surface area contributed by atoms with Gasteiger partial charge in [0.05, 0.1) is 25.3 Å². The molecule has 5 nitrogen and oxygen atoms in total. The summed E-state index contributed by atoms with van der Waals surface area (Å²) in [6, 6.07) is 24.0. The number of hydrogen-bond donors (Lipinski definition) is 0. The molecule has 0 saturated heterocycles. The summed E-state index contributed by atoms with van der Waals surface area (Å²) < 4.78 is 11.0. The average Bonchev–Trinajstić information content (AvgIpc) is 2.81. The van der Waals surface area contributed by atoms with Crippen molar-refractivity contribution in [2.75, 3.05) is 7.11 Å². The Morgan fingerprint density at radius 3 is 2.21 bits per heavy atom. The Kier molecular flexibility index (Phi) is 8.23. The van der Waals surface area contributed by atoms with E-state index in [2.05, 4.69) is 41.1 Å². The van der Waals surface area contributed by atoms with Gasteiger partial charge in [-0.15, -0.1) is 0 Å². The van der Waals surface area contributed by atoms with E-state index in [0.717, 1.165) is 17.0 Å². The fourth-order valence-corrected chi connectivity index (χ4v) is 3.89. The van der Waals surface area contributed by atoms with Gasteiger partial charge in [-0.25, -0.2) is 0 Å². The van der Waals surface area contributed by atoms with Crippen molar-refractivity contribution in [1.82, 2.24) is 9.88 Å². The Morgan fingerprint density at radius 2 is 1.64 bits per heavy atom. The van der Waals surface area contributed by atoms with Gasteiger partial charge >= 0.3 is 5.97 Å². The van der Waals surface area contributed by atoms with Crippen LogP contribution < -0.4 is 4.74 Å². The third-order valence-electron chi connectivity index (χ3n) is 5.51. The monoisotopic (exact) mass is 446 g/mol. The number of esters is 1. The summed E-state index contributed by atoms with van der Waals surface area (Å²) in [5.41, 5.74) is 2.61. The van der Waals surface area contributed by atoms with Crippen LogP contribution in [0, 0.1) is 0 Å². The Morgan fingerprint density at radius 1 is 0.970 bits per heavy atom. The van der Waals surface area contributed by atoms with Gasteiger partial charge in [-0.2, -0.15) is 0 Å². The van der Waals surface area contributed by atoms with E-state index < -0.39 is 5.60 Å². The molecule has 0 aliphatic carbocycles. The van der Waals surface area contributed by atoms with Gasteiger partial charge in [0, 0.05) is 18.8 Å². The molecule has 0 spiro atoms. The van der Waals surface area contributed by atoms with Gasteiger partial charge in [-0.05, 0) is 63.1 Å². The van der Waals surface area contributed by atoms with Crippen molar-refractivity contribution in [2.24, 2.45) is 0 Å². The number of pyridine rings is 1. The summed E-state index contributed by atoms with van der Waals surface area (Å²) in [5.74, 6) is 0.578. The zero-order valence-corrected chi connectivity index (χ0v) is 20.2. The lowest BCUT2D eigenvalue weighted by Crippen LogP contribution is -2.35. The third kappa shape index (κ3) is 7.16.